The average Bonchev–Trinajstić information content (AvgIpc) is 3.34. The van der Waals surface area contributed by atoms with E-state index in [0.29, 0.717) is 16.8 Å². The van der Waals surface area contributed by atoms with Crippen LogP contribution in [0.5, 0.6) is 0 Å². The van der Waals surface area contributed by atoms with Gasteiger partial charge in [0.2, 0.25) is 11.7 Å². The third-order valence-electron chi connectivity index (χ3n) is 4.46. The zero-order chi connectivity index (χ0) is 21.8. The van der Waals surface area contributed by atoms with Crippen LogP contribution < -0.4 is 10.9 Å². The fourth-order valence-electron chi connectivity index (χ4n) is 3.02. The summed E-state index contributed by atoms with van der Waals surface area (Å²) in [6.45, 7) is 1.70. The number of aromatic nitrogens is 2. The third kappa shape index (κ3) is 4.01. The Balaban J connectivity index is 1.60. The van der Waals surface area contributed by atoms with Crippen LogP contribution in [0.4, 0.5) is 0 Å². The predicted molar refractivity (Wildman–Crippen MR) is 111 cm³/mol. The number of hydrazine groups is 1. The van der Waals surface area contributed by atoms with Crippen molar-refractivity contribution in [3.05, 3.63) is 83.2 Å². The molecule has 0 saturated carbocycles. The summed E-state index contributed by atoms with van der Waals surface area (Å²) in [4.78, 5) is 44.7. The van der Waals surface area contributed by atoms with Crippen molar-refractivity contribution in [1.29, 1.82) is 0 Å². The number of benzene rings is 1. The number of amides is 1. The van der Waals surface area contributed by atoms with E-state index in [1.54, 1.807) is 55.7 Å². The summed E-state index contributed by atoms with van der Waals surface area (Å²) in [5, 5.41) is 0.780. The minimum atomic E-state index is -0.854. The van der Waals surface area contributed by atoms with Gasteiger partial charge in [0.25, 0.3) is 5.91 Å². The number of carbonyl (C=O) groups is 3. The molecule has 4 rings (SSSR count). The summed E-state index contributed by atoms with van der Waals surface area (Å²) in [5.74, 6) is -2.28. The van der Waals surface area contributed by atoms with Crippen LogP contribution in [0.2, 0.25) is 0 Å². The van der Waals surface area contributed by atoms with E-state index < -0.39 is 17.7 Å². The van der Waals surface area contributed by atoms with Crippen LogP contribution in [0, 0.1) is 0 Å². The lowest BCUT2D eigenvalue weighted by atomic mass is 10.1. The molecule has 1 amide bonds. The lowest BCUT2D eigenvalue weighted by Gasteiger charge is -2.10. The molecule has 0 aliphatic carbocycles. The third-order valence-corrected chi connectivity index (χ3v) is 4.46. The summed E-state index contributed by atoms with van der Waals surface area (Å²) in [7, 11) is 0. The Labute approximate surface area is 176 Å². The number of rotatable bonds is 6. The maximum absolute atomic E-state index is 12.9. The second-order valence-electron chi connectivity index (χ2n) is 6.45. The maximum atomic E-state index is 12.9. The molecule has 1 aliphatic rings. The second-order valence-corrected chi connectivity index (χ2v) is 6.45. The zero-order valence-electron chi connectivity index (χ0n) is 16.5. The molecule has 9 nitrogen and oxygen atoms in total. The van der Waals surface area contributed by atoms with Crippen LogP contribution in [-0.2, 0) is 19.1 Å². The number of Topliss-reactive ketones (excluding diaryl/α,β-unsaturated/α-hetero) is 1. The van der Waals surface area contributed by atoms with Gasteiger partial charge in [-0.3, -0.25) is 20.4 Å². The van der Waals surface area contributed by atoms with Crippen LogP contribution in [0.25, 0.3) is 17.1 Å². The largest absolute Gasteiger partial charge is 0.462 e. The quantitative estimate of drug-likeness (QED) is 0.243. The summed E-state index contributed by atoms with van der Waals surface area (Å²) in [6.07, 6.45) is 4.81. The molecule has 3 heterocycles. The number of hydrogen-bond acceptors (Lipinski definition) is 7. The molecule has 0 bridgehead atoms. The molecule has 0 saturated heterocycles. The molecule has 0 radical (unpaired) electrons. The van der Waals surface area contributed by atoms with Crippen molar-refractivity contribution in [2.24, 2.45) is 0 Å². The molecule has 9 heteroatoms. The molecule has 0 spiro atoms. The van der Waals surface area contributed by atoms with Crippen molar-refractivity contribution in [1.82, 2.24) is 20.8 Å². The molecule has 156 valence electrons. The number of H-pyrrole nitrogens is 1. The number of nitrogens with zero attached hydrogens (tertiary/aromatic N) is 1. The van der Waals surface area contributed by atoms with Crippen LogP contribution >= 0.6 is 0 Å². The number of aromatic amines is 1. The summed E-state index contributed by atoms with van der Waals surface area (Å²) in [5.41, 5.74) is 6.30. The van der Waals surface area contributed by atoms with Gasteiger partial charge in [-0.25, -0.2) is 9.78 Å². The van der Waals surface area contributed by atoms with E-state index in [2.05, 4.69) is 20.8 Å². The normalized spacial score (nSPS) is 14.6. The van der Waals surface area contributed by atoms with Crippen molar-refractivity contribution in [3.8, 4) is 0 Å². The molecule has 3 aromatic rings. The minimum Gasteiger partial charge on any atom is -0.462 e. The van der Waals surface area contributed by atoms with Gasteiger partial charge in [-0.2, -0.15) is 0 Å². The monoisotopic (exact) mass is 418 g/mol. The van der Waals surface area contributed by atoms with E-state index in [1.807, 2.05) is 6.07 Å². The zero-order valence-corrected chi connectivity index (χ0v) is 16.5. The van der Waals surface area contributed by atoms with Gasteiger partial charge < -0.3 is 14.5 Å². The number of ketones is 1. The Morgan fingerprint density at radius 3 is 2.77 bits per heavy atom. The summed E-state index contributed by atoms with van der Waals surface area (Å²) in [6, 6.07) is 12.0. The van der Waals surface area contributed by atoms with Crippen molar-refractivity contribution >= 4 is 34.8 Å². The Morgan fingerprint density at radius 1 is 1.19 bits per heavy atom. The number of carbonyl (C=O) groups excluding carboxylic acids is 3. The molecule has 3 N–H and O–H groups in total. The molecule has 31 heavy (non-hydrogen) atoms. The highest BCUT2D eigenvalue weighted by Crippen LogP contribution is 2.28. The molecule has 2 aromatic heterocycles. The van der Waals surface area contributed by atoms with Crippen LogP contribution in [0.15, 0.2) is 72.1 Å². The standard InChI is InChI=1S/C22H18N4O5/c1-2-30-22(29)17-18(27)16(11-14-12-24-19-15(14)9-6-10-23-19)31-21(17)26-25-20(28)13-7-4-3-5-8-13/h3-12,26H,2H2,1H3,(H,23,24)(H,25,28)/b16-11-. The first-order chi connectivity index (χ1) is 15.1. The fourth-order valence-corrected chi connectivity index (χ4v) is 3.02. The van der Waals surface area contributed by atoms with E-state index in [4.69, 9.17) is 9.47 Å². The number of hydrogen-bond donors (Lipinski definition) is 3. The highest BCUT2D eigenvalue weighted by molar-refractivity contribution is 6.26. The van der Waals surface area contributed by atoms with E-state index in [0.717, 1.165) is 5.39 Å². The number of nitrogens with one attached hydrogen (secondary N) is 3. The maximum Gasteiger partial charge on any atom is 0.347 e. The van der Waals surface area contributed by atoms with Gasteiger partial charge in [-0.05, 0) is 37.3 Å². The average molecular weight is 418 g/mol. The topological polar surface area (TPSA) is 122 Å². The summed E-state index contributed by atoms with van der Waals surface area (Å²) < 4.78 is 10.6. The SMILES string of the molecule is CCOC(=O)C1=C(NNC(=O)c2ccccc2)O/C(=C\c2c[nH]c3ncccc23)C1=O. The van der Waals surface area contributed by atoms with Gasteiger partial charge in [0.15, 0.2) is 11.3 Å². The van der Waals surface area contributed by atoms with E-state index in [-0.39, 0.29) is 23.8 Å². The van der Waals surface area contributed by atoms with Crippen LogP contribution in [0.3, 0.4) is 0 Å². The Morgan fingerprint density at radius 2 is 2.00 bits per heavy atom. The Bertz CT molecular complexity index is 1230. The molecule has 0 fully saturated rings. The van der Waals surface area contributed by atoms with Gasteiger partial charge in [-0.1, -0.05) is 18.2 Å². The number of ether oxygens (including phenoxy) is 2. The molecule has 0 atom stereocenters. The van der Waals surface area contributed by atoms with Crippen LogP contribution in [0.1, 0.15) is 22.8 Å². The van der Waals surface area contributed by atoms with Gasteiger partial charge in [-0.15, -0.1) is 0 Å². The van der Waals surface area contributed by atoms with Gasteiger partial charge >= 0.3 is 5.97 Å². The fraction of sp³-hybridized carbons (Fsp3) is 0.0909. The first kappa shape index (κ1) is 19.9. The smallest absolute Gasteiger partial charge is 0.347 e. The van der Waals surface area contributed by atoms with Gasteiger partial charge in [0.1, 0.15) is 5.65 Å². The van der Waals surface area contributed by atoms with Gasteiger partial charge in [0.05, 0.1) is 6.61 Å². The van der Waals surface area contributed by atoms with E-state index >= 15 is 0 Å². The molecule has 1 aromatic carbocycles. The number of allylic oxidation sites excluding steroid dienone is 1. The van der Waals surface area contributed by atoms with Crippen molar-refractivity contribution in [2.75, 3.05) is 6.61 Å². The Kier molecular flexibility index (Phi) is 5.48. The molecule has 0 unspecified atom stereocenters. The minimum absolute atomic E-state index is 0.0758. The van der Waals surface area contributed by atoms with Crippen molar-refractivity contribution < 1.29 is 23.9 Å². The molecular weight excluding hydrogens is 400 g/mol. The number of esters is 1. The van der Waals surface area contributed by atoms with E-state index in [1.165, 1.54) is 6.08 Å². The molecule has 1 aliphatic heterocycles. The van der Waals surface area contributed by atoms with E-state index in [9.17, 15) is 14.4 Å². The van der Waals surface area contributed by atoms with Crippen LogP contribution in [-0.4, -0.2) is 34.2 Å². The number of pyridine rings is 1. The summed E-state index contributed by atoms with van der Waals surface area (Å²) >= 11 is 0. The lowest BCUT2D eigenvalue weighted by Crippen LogP contribution is -2.37. The predicted octanol–water partition coefficient (Wildman–Crippen LogP) is 2.21. The first-order valence-electron chi connectivity index (χ1n) is 9.47. The second kappa shape index (κ2) is 8.54. The first-order valence-corrected chi connectivity index (χ1v) is 9.47. The highest BCUT2D eigenvalue weighted by atomic mass is 16.5. The lowest BCUT2D eigenvalue weighted by molar-refractivity contribution is -0.139. The highest BCUT2D eigenvalue weighted by Gasteiger charge is 2.37. The Hall–Kier alpha value is -4.40. The van der Waals surface area contributed by atoms with Crippen molar-refractivity contribution in [3.63, 3.8) is 0 Å². The molecular formula is C22H18N4O5. The number of fused-ring (bicyclic) bond motifs is 1. The van der Waals surface area contributed by atoms with Crippen molar-refractivity contribution in [2.45, 2.75) is 6.92 Å². The van der Waals surface area contributed by atoms with Gasteiger partial charge in [0, 0.05) is 28.9 Å².